The Balaban J connectivity index is 3.02. The van der Waals surface area contributed by atoms with Crippen molar-refractivity contribution in [3.05, 3.63) is 29.3 Å². The molecular formula is C12H19NO. The van der Waals surface area contributed by atoms with Gasteiger partial charge < -0.3 is 10.5 Å². The normalized spacial score (nSPS) is 13.0. The van der Waals surface area contributed by atoms with Gasteiger partial charge in [0.1, 0.15) is 5.75 Å². The molecular weight excluding hydrogens is 174 g/mol. The number of ether oxygens (including phenoxy) is 1. The summed E-state index contributed by atoms with van der Waals surface area (Å²) in [7, 11) is 0. The molecule has 0 saturated heterocycles. The zero-order chi connectivity index (χ0) is 10.7. The minimum Gasteiger partial charge on any atom is -0.491 e. The number of rotatable bonds is 3. The highest BCUT2D eigenvalue weighted by molar-refractivity contribution is 5.38. The summed E-state index contributed by atoms with van der Waals surface area (Å²) in [6, 6.07) is 6.14. The predicted molar refractivity (Wildman–Crippen MR) is 59.5 cm³/mol. The second kappa shape index (κ2) is 4.47. The van der Waals surface area contributed by atoms with Crippen molar-refractivity contribution in [1.29, 1.82) is 0 Å². The fraction of sp³-hybridized carbons (Fsp3) is 0.500. The average molecular weight is 193 g/mol. The molecule has 2 nitrogen and oxygen atoms in total. The van der Waals surface area contributed by atoms with Crippen molar-refractivity contribution in [1.82, 2.24) is 0 Å². The highest BCUT2D eigenvalue weighted by Crippen LogP contribution is 2.25. The van der Waals surface area contributed by atoms with Gasteiger partial charge in [-0.25, -0.2) is 0 Å². The van der Waals surface area contributed by atoms with Gasteiger partial charge in [0.15, 0.2) is 0 Å². The van der Waals surface area contributed by atoms with Crippen molar-refractivity contribution in [2.75, 3.05) is 0 Å². The SMILES string of the molecule is Cc1ccc(OC(C)C)c([C@@H](C)N)c1. The first-order valence-electron chi connectivity index (χ1n) is 5.03. The van der Waals surface area contributed by atoms with E-state index in [1.807, 2.05) is 32.9 Å². The molecule has 0 aliphatic carbocycles. The topological polar surface area (TPSA) is 35.2 Å². The van der Waals surface area contributed by atoms with Gasteiger partial charge in [-0.1, -0.05) is 17.7 Å². The molecule has 2 heteroatoms. The van der Waals surface area contributed by atoms with Crippen LogP contribution in [0.5, 0.6) is 5.75 Å². The fourth-order valence-corrected chi connectivity index (χ4v) is 1.38. The largest absolute Gasteiger partial charge is 0.491 e. The van der Waals surface area contributed by atoms with E-state index < -0.39 is 0 Å². The van der Waals surface area contributed by atoms with E-state index in [1.54, 1.807) is 0 Å². The molecule has 0 spiro atoms. The molecule has 0 unspecified atom stereocenters. The van der Waals surface area contributed by atoms with Gasteiger partial charge in [0.25, 0.3) is 0 Å². The molecule has 1 atom stereocenters. The molecule has 2 N–H and O–H groups in total. The van der Waals surface area contributed by atoms with Crippen molar-refractivity contribution in [2.45, 2.75) is 39.8 Å². The Kier molecular flexibility index (Phi) is 3.53. The molecule has 0 saturated carbocycles. The van der Waals surface area contributed by atoms with Crippen LogP contribution in [-0.4, -0.2) is 6.10 Å². The Bertz CT molecular complexity index is 305. The summed E-state index contributed by atoms with van der Waals surface area (Å²) < 4.78 is 5.68. The van der Waals surface area contributed by atoms with Crippen LogP contribution in [0.3, 0.4) is 0 Å². The first-order chi connectivity index (χ1) is 6.50. The highest BCUT2D eigenvalue weighted by Gasteiger charge is 2.09. The van der Waals surface area contributed by atoms with Crippen LogP contribution < -0.4 is 10.5 Å². The minimum atomic E-state index is 0.0173. The third-order valence-corrected chi connectivity index (χ3v) is 2.02. The Morgan fingerprint density at radius 1 is 1.21 bits per heavy atom. The van der Waals surface area contributed by atoms with E-state index in [0.29, 0.717) is 0 Å². The number of aryl methyl sites for hydroxylation is 1. The minimum absolute atomic E-state index is 0.0173. The number of hydrogen-bond acceptors (Lipinski definition) is 2. The molecule has 0 heterocycles. The van der Waals surface area contributed by atoms with Crippen LogP contribution in [0.1, 0.15) is 37.9 Å². The lowest BCUT2D eigenvalue weighted by Gasteiger charge is -2.16. The van der Waals surface area contributed by atoms with Crippen LogP contribution in [0, 0.1) is 6.92 Å². The standard InChI is InChI=1S/C12H19NO/c1-8(2)14-12-6-5-9(3)7-11(12)10(4)13/h5-8,10H,13H2,1-4H3/t10-/m1/s1. The summed E-state index contributed by atoms with van der Waals surface area (Å²) in [5.41, 5.74) is 8.18. The lowest BCUT2D eigenvalue weighted by molar-refractivity contribution is 0.239. The quantitative estimate of drug-likeness (QED) is 0.801. The monoisotopic (exact) mass is 193 g/mol. The fourth-order valence-electron chi connectivity index (χ4n) is 1.38. The third-order valence-electron chi connectivity index (χ3n) is 2.02. The van der Waals surface area contributed by atoms with Crippen molar-refractivity contribution in [3.63, 3.8) is 0 Å². The van der Waals surface area contributed by atoms with E-state index >= 15 is 0 Å². The maximum Gasteiger partial charge on any atom is 0.124 e. The van der Waals surface area contributed by atoms with Crippen LogP contribution >= 0.6 is 0 Å². The molecule has 1 aromatic rings. The Hall–Kier alpha value is -1.02. The van der Waals surface area contributed by atoms with E-state index in [0.717, 1.165) is 11.3 Å². The number of benzene rings is 1. The highest BCUT2D eigenvalue weighted by atomic mass is 16.5. The molecule has 0 amide bonds. The molecule has 1 rings (SSSR count). The second-order valence-corrected chi connectivity index (χ2v) is 4.00. The zero-order valence-corrected chi connectivity index (χ0v) is 9.37. The first-order valence-corrected chi connectivity index (χ1v) is 5.03. The van der Waals surface area contributed by atoms with Crippen LogP contribution in [0.25, 0.3) is 0 Å². The van der Waals surface area contributed by atoms with E-state index in [4.69, 9.17) is 10.5 Å². The number of nitrogens with two attached hydrogens (primary N) is 1. The lowest BCUT2D eigenvalue weighted by Crippen LogP contribution is -2.12. The maximum absolute atomic E-state index is 5.88. The van der Waals surface area contributed by atoms with Gasteiger partial charge in [-0.05, 0) is 33.8 Å². The lowest BCUT2D eigenvalue weighted by atomic mass is 10.1. The second-order valence-electron chi connectivity index (χ2n) is 4.00. The van der Waals surface area contributed by atoms with E-state index in [9.17, 15) is 0 Å². The summed E-state index contributed by atoms with van der Waals surface area (Å²) in [5.74, 6) is 0.903. The van der Waals surface area contributed by atoms with E-state index in [-0.39, 0.29) is 12.1 Å². The van der Waals surface area contributed by atoms with Gasteiger partial charge >= 0.3 is 0 Å². The van der Waals surface area contributed by atoms with E-state index in [1.165, 1.54) is 5.56 Å². The van der Waals surface area contributed by atoms with Crippen LogP contribution in [0.2, 0.25) is 0 Å². The van der Waals surface area contributed by atoms with Gasteiger partial charge in [0.2, 0.25) is 0 Å². The average Bonchev–Trinajstić information content (AvgIpc) is 2.07. The first kappa shape index (κ1) is 11.1. The van der Waals surface area contributed by atoms with Crippen molar-refractivity contribution in [3.8, 4) is 5.75 Å². The Labute approximate surface area is 86.1 Å². The number of hydrogen-bond donors (Lipinski definition) is 1. The zero-order valence-electron chi connectivity index (χ0n) is 9.37. The molecule has 0 bridgehead atoms. The predicted octanol–water partition coefficient (Wildman–Crippen LogP) is 2.80. The third kappa shape index (κ3) is 2.74. The van der Waals surface area contributed by atoms with Crippen molar-refractivity contribution >= 4 is 0 Å². The summed E-state index contributed by atoms with van der Waals surface area (Å²) in [6.07, 6.45) is 0.190. The molecule has 0 aliphatic heterocycles. The summed E-state index contributed by atoms with van der Waals surface area (Å²) >= 11 is 0. The van der Waals surface area contributed by atoms with Gasteiger partial charge in [-0.3, -0.25) is 0 Å². The summed E-state index contributed by atoms with van der Waals surface area (Å²) in [4.78, 5) is 0. The van der Waals surface area contributed by atoms with E-state index in [2.05, 4.69) is 13.0 Å². The van der Waals surface area contributed by atoms with Gasteiger partial charge in [-0.2, -0.15) is 0 Å². The van der Waals surface area contributed by atoms with Gasteiger partial charge in [0.05, 0.1) is 6.10 Å². The maximum atomic E-state index is 5.88. The summed E-state index contributed by atoms with van der Waals surface area (Å²) in [5, 5.41) is 0. The molecule has 14 heavy (non-hydrogen) atoms. The Morgan fingerprint density at radius 3 is 2.36 bits per heavy atom. The molecule has 0 aromatic heterocycles. The van der Waals surface area contributed by atoms with Crippen molar-refractivity contribution in [2.24, 2.45) is 5.73 Å². The smallest absolute Gasteiger partial charge is 0.124 e. The van der Waals surface area contributed by atoms with Crippen molar-refractivity contribution < 1.29 is 4.74 Å². The molecule has 0 fully saturated rings. The Morgan fingerprint density at radius 2 is 1.86 bits per heavy atom. The van der Waals surface area contributed by atoms with Crippen LogP contribution in [0.15, 0.2) is 18.2 Å². The van der Waals surface area contributed by atoms with Gasteiger partial charge in [-0.15, -0.1) is 0 Å². The van der Waals surface area contributed by atoms with Crippen LogP contribution in [0.4, 0.5) is 0 Å². The molecule has 0 aliphatic rings. The molecule has 78 valence electrons. The van der Waals surface area contributed by atoms with Crippen LogP contribution in [-0.2, 0) is 0 Å². The van der Waals surface area contributed by atoms with Gasteiger partial charge in [0, 0.05) is 11.6 Å². The molecule has 1 aromatic carbocycles. The summed E-state index contributed by atoms with van der Waals surface area (Å²) in [6.45, 7) is 8.07. The molecule has 0 radical (unpaired) electrons.